The smallest absolute Gasteiger partial charge is 0.255 e. The Morgan fingerprint density at radius 3 is 1.93 bits per heavy atom. The van der Waals surface area contributed by atoms with Crippen molar-refractivity contribution in [2.75, 3.05) is 5.32 Å². The molecule has 4 rings (SSSR count). The van der Waals surface area contributed by atoms with Crippen molar-refractivity contribution in [1.82, 2.24) is 0 Å². The van der Waals surface area contributed by atoms with Crippen LogP contribution in [0.4, 0.5) is 5.69 Å². The molecule has 0 aliphatic heterocycles. The van der Waals surface area contributed by atoms with E-state index in [0.29, 0.717) is 11.5 Å². The Hall–Kier alpha value is -2.91. The molecular formula is C26H27NO2. The van der Waals surface area contributed by atoms with Gasteiger partial charge in [-0.05, 0) is 79.5 Å². The summed E-state index contributed by atoms with van der Waals surface area (Å²) in [5.41, 5.74) is 6.22. The second kappa shape index (κ2) is 8.62. The van der Waals surface area contributed by atoms with Crippen LogP contribution in [0.1, 0.15) is 53.1 Å². The number of aryl methyl sites for hydroxylation is 1. The number of hydrogen-bond acceptors (Lipinski definition) is 2. The highest BCUT2D eigenvalue weighted by Crippen LogP contribution is 2.33. The lowest BCUT2D eigenvalue weighted by Gasteiger charge is -2.25. The number of carbonyl (C=O) groups excluding carboxylic acids is 1. The third-order valence-electron chi connectivity index (χ3n) is 5.87. The molecule has 0 atom stereocenters. The second-order valence-corrected chi connectivity index (χ2v) is 8.02. The van der Waals surface area contributed by atoms with Gasteiger partial charge >= 0.3 is 0 Å². The molecule has 1 fully saturated rings. The van der Waals surface area contributed by atoms with Crippen LogP contribution < -0.4 is 5.32 Å². The first-order valence-corrected chi connectivity index (χ1v) is 10.3. The van der Waals surface area contributed by atoms with Crippen LogP contribution in [-0.4, -0.2) is 17.1 Å². The van der Waals surface area contributed by atoms with E-state index in [9.17, 15) is 9.90 Å². The Morgan fingerprint density at radius 2 is 1.34 bits per heavy atom. The molecule has 3 nitrogen and oxygen atoms in total. The van der Waals surface area contributed by atoms with E-state index < -0.39 is 0 Å². The molecule has 3 aromatic carbocycles. The Balaban J connectivity index is 1.42. The minimum Gasteiger partial charge on any atom is -0.393 e. The van der Waals surface area contributed by atoms with Gasteiger partial charge in [-0.3, -0.25) is 4.79 Å². The van der Waals surface area contributed by atoms with Crippen molar-refractivity contribution in [3.05, 3.63) is 89.5 Å². The maximum atomic E-state index is 12.5. The van der Waals surface area contributed by atoms with Gasteiger partial charge in [0.05, 0.1) is 6.10 Å². The van der Waals surface area contributed by atoms with Crippen LogP contribution in [-0.2, 0) is 0 Å². The number of anilines is 1. The summed E-state index contributed by atoms with van der Waals surface area (Å²) >= 11 is 0. The maximum Gasteiger partial charge on any atom is 0.255 e. The Labute approximate surface area is 172 Å². The van der Waals surface area contributed by atoms with E-state index in [1.54, 1.807) is 0 Å². The largest absolute Gasteiger partial charge is 0.393 e. The van der Waals surface area contributed by atoms with Crippen molar-refractivity contribution in [1.29, 1.82) is 0 Å². The van der Waals surface area contributed by atoms with Gasteiger partial charge in [0.1, 0.15) is 0 Å². The Kier molecular flexibility index (Phi) is 5.77. The summed E-state index contributed by atoms with van der Waals surface area (Å²) in [4.78, 5) is 12.5. The third kappa shape index (κ3) is 4.75. The number of hydrogen-bond donors (Lipinski definition) is 2. The average molecular weight is 386 g/mol. The number of nitrogens with one attached hydrogen (secondary N) is 1. The van der Waals surface area contributed by atoms with Crippen molar-refractivity contribution >= 4 is 11.6 Å². The van der Waals surface area contributed by atoms with E-state index in [-0.39, 0.29) is 12.0 Å². The van der Waals surface area contributed by atoms with Gasteiger partial charge < -0.3 is 10.4 Å². The zero-order chi connectivity index (χ0) is 20.2. The van der Waals surface area contributed by atoms with Crippen molar-refractivity contribution in [3.63, 3.8) is 0 Å². The van der Waals surface area contributed by atoms with E-state index in [4.69, 9.17) is 0 Å². The highest BCUT2D eigenvalue weighted by atomic mass is 16.3. The highest BCUT2D eigenvalue weighted by Gasteiger charge is 2.20. The van der Waals surface area contributed by atoms with Crippen LogP contribution in [0.25, 0.3) is 11.1 Å². The van der Waals surface area contributed by atoms with Crippen molar-refractivity contribution < 1.29 is 9.90 Å². The molecule has 0 unspecified atom stereocenters. The molecule has 1 amide bonds. The first kappa shape index (κ1) is 19.4. The van der Waals surface area contributed by atoms with Crippen LogP contribution in [0.2, 0.25) is 0 Å². The molecular weight excluding hydrogens is 358 g/mol. The second-order valence-electron chi connectivity index (χ2n) is 8.02. The van der Waals surface area contributed by atoms with Crippen LogP contribution >= 0.6 is 0 Å². The Morgan fingerprint density at radius 1 is 0.793 bits per heavy atom. The molecule has 3 heteroatoms. The van der Waals surface area contributed by atoms with Gasteiger partial charge in [-0.2, -0.15) is 0 Å². The zero-order valence-corrected chi connectivity index (χ0v) is 16.8. The van der Waals surface area contributed by atoms with E-state index in [0.717, 1.165) is 42.5 Å². The fourth-order valence-corrected chi connectivity index (χ4v) is 4.01. The molecule has 0 bridgehead atoms. The monoisotopic (exact) mass is 385 g/mol. The first-order chi connectivity index (χ1) is 14.1. The van der Waals surface area contributed by atoms with Crippen LogP contribution in [0.3, 0.4) is 0 Å². The molecule has 2 N–H and O–H groups in total. The van der Waals surface area contributed by atoms with Gasteiger partial charge in [-0.1, -0.05) is 54.1 Å². The lowest BCUT2D eigenvalue weighted by Crippen LogP contribution is -2.16. The van der Waals surface area contributed by atoms with Crippen molar-refractivity contribution in [2.45, 2.75) is 44.6 Å². The number of aliphatic hydroxyl groups excluding tert-OH is 1. The topological polar surface area (TPSA) is 49.3 Å². The predicted molar refractivity (Wildman–Crippen MR) is 118 cm³/mol. The van der Waals surface area contributed by atoms with Crippen LogP contribution in [0.5, 0.6) is 0 Å². The minimum atomic E-state index is -0.118. The SMILES string of the molecule is Cc1ccc(NC(=O)c2ccc(-c3ccc(C4CCC(O)CC4)cc3)cc2)cc1. The van der Waals surface area contributed by atoms with E-state index in [1.165, 1.54) is 11.1 Å². The normalized spacial score (nSPS) is 19.0. The molecule has 0 saturated heterocycles. The quantitative estimate of drug-likeness (QED) is 0.584. The van der Waals surface area contributed by atoms with Gasteiger partial charge in [0, 0.05) is 11.3 Å². The van der Waals surface area contributed by atoms with Gasteiger partial charge in [0.25, 0.3) is 5.91 Å². The highest BCUT2D eigenvalue weighted by molar-refractivity contribution is 6.04. The van der Waals surface area contributed by atoms with E-state index in [2.05, 4.69) is 29.6 Å². The standard InChI is InChI=1S/C26H27NO2/c1-18-2-14-24(15-3-18)27-26(29)23-10-8-21(9-11-23)19-4-6-20(7-5-19)22-12-16-25(28)17-13-22/h2-11,14-15,22,25,28H,12-13,16-17H2,1H3,(H,27,29). The van der Waals surface area contributed by atoms with Gasteiger partial charge in [-0.15, -0.1) is 0 Å². The minimum absolute atomic E-state index is 0.102. The maximum absolute atomic E-state index is 12.5. The molecule has 1 saturated carbocycles. The average Bonchev–Trinajstić information content (AvgIpc) is 2.76. The van der Waals surface area contributed by atoms with Crippen molar-refractivity contribution in [3.8, 4) is 11.1 Å². The summed E-state index contributed by atoms with van der Waals surface area (Å²) in [6, 6.07) is 24.2. The fraction of sp³-hybridized carbons (Fsp3) is 0.269. The molecule has 1 aliphatic rings. The molecule has 29 heavy (non-hydrogen) atoms. The molecule has 0 radical (unpaired) electrons. The predicted octanol–water partition coefficient (Wildman–Crippen LogP) is 5.93. The van der Waals surface area contributed by atoms with E-state index >= 15 is 0 Å². The van der Waals surface area contributed by atoms with E-state index in [1.807, 2.05) is 55.5 Å². The summed E-state index contributed by atoms with van der Waals surface area (Å²) in [6.45, 7) is 2.02. The number of rotatable bonds is 4. The lowest BCUT2D eigenvalue weighted by molar-refractivity contribution is 0.102. The molecule has 3 aromatic rings. The number of carbonyl (C=O) groups is 1. The molecule has 1 aliphatic carbocycles. The first-order valence-electron chi connectivity index (χ1n) is 10.3. The summed E-state index contributed by atoms with van der Waals surface area (Å²) in [5, 5.41) is 12.6. The summed E-state index contributed by atoms with van der Waals surface area (Å²) in [5.74, 6) is 0.454. The molecule has 0 spiro atoms. The number of benzene rings is 3. The van der Waals surface area contributed by atoms with Gasteiger partial charge in [0.15, 0.2) is 0 Å². The van der Waals surface area contributed by atoms with Crippen molar-refractivity contribution in [2.24, 2.45) is 0 Å². The third-order valence-corrected chi connectivity index (χ3v) is 5.87. The van der Waals surface area contributed by atoms with Gasteiger partial charge in [0.2, 0.25) is 0 Å². The van der Waals surface area contributed by atoms with Gasteiger partial charge in [-0.25, -0.2) is 0 Å². The van der Waals surface area contributed by atoms with Crippen LogP contribution in [0, 0.1) is 6.92 Å². The van der Waals surface area contributed by atoms with Crippen LogP contribution in [0.15, 0.2) is 72.8 Å². The lowest BCUT2D eigenvalue weighted by atomic mass is 9.82. The Bertz CT molecular complexity index is 951. The number of amides is 1. The molecule has 148 valence electrons. The number of aliphatic hydroxyl groups is 1. The molecule has 0 aromatic heterocycles. The fourth-order valence-electron chi connectivity index (χ4n) is 4.01. The summed E-state index contributed by atoms with van der Waals surface area (Å²) in [7, 11) is 0. The summed E-state index contributed by atoms with van der Waals surface area (Å²) in [6.07, 6.45) is 3.81. The zero-order valence-electron chi connectivity index (χ0n) is 16.8. The molecule has 0 heterocycles. The summed E-state index contributed by atoms with van der Waals surface area (Å²) < 4.78 is 0.